The van der Waals surface area contributed by atoms with E-state index in [-0.39, 0.29) is 11.9 Å². The number of carbonyl (C=O) groups is 1. The van der Waals surface area contributed by atoms with E-state index in [1.165, 1.54) is 11.1 Å². The first-order valence-corrected chi connectivity index (χ1v) is 8.31. The number of rotatable bonds is 2. The molecule has 122 valence electrons. The van der Waals surface area contributed by atoms with Crippen molar-refractivity contribution in [2.24, 2.45) is 7.05 Å². The molecule has 5 heteroatoms. The lowest BCUT2D eigenvalue weighted by Crippen LogP contribution is -2.31. The monoisotopic (exact) mass is 320 g/mol. The SMILES string of the molecule is Cc1cc(C(=O)N[C@H]2CCCc3ccccc32)c2cnn(C)c2n1. The van der Waals surface area contributed by atoms with Gasteiger partial charge in [0.25, 0.3) is 5.91 Å². The second kappa shape index (κ2) is 5.74. The first kappa shape index (κ1) is 14.9. The van der Waals surface area contributed by atoms with E-state index < -0.39 is 0 Å². The van der Waals surface area contributed by atoms with Crippen LogP contribution in [0.4, 0.5) is 0 Å². The summed E-state index contributed by atoms with van der Waals surface area (Å²) in [5.41, 5.74) is 4.79. The van der Waals surface area contributed by atoms with Crippen molar-refractivity contribution in [2.45, 2.75) is 32.2 Å². The molecule has 0 fully saturated rings. The van der Waals surface area contributed by atoms with Gasteiger partial charge >= 0.3 is 0 Å². The van der Waals surface area contributed by atoms with Crippen LogP contribution in [0, 0.1) is 6.92 Å². The summed E-state index contributed by atoms with van der Waals surface area (Å²) >= 11 is 0. The molecule has 0 aliphatic heterocycles. The topological polar surface area (TPSA) is 59.8 Å². The summed E-state index contributed by atoms with van der Waals surface area (Å²) < 4.78 is 1.70. The zero-order chi connectivity index (χ0) is 16.7. The maximum atomic E-state index is 12.9. The number of benzene rings is 1. The van der Waals surface area contributed by atoms with E-state index >= 15 is 0 Å². The third-order valence-corrected chi connectivity index (χ3v) is 4.75. The molecule has 1 atom stereocenters. The Hall–Kier alpha value is -2.69. The van der Waals surface area contributed by atoms with Crippen molar-refractivity contribution >= 4 is 16.9 Å². The fraction of sp³-hybridized carbons (Fsp3) is 0.316. The molecular weight excluding hydrogens is 300 g/mol. The maximum absolute atomic E-state index is 12.9. The minimum absolute atomic E-state index is 0.0554. The van der Waals surface area contributed by atoms with Crippen LogP contribution in [0.25, 0.3) is 11.0 Å². The van der Waals surface area contributed by atoms with Gasteiger partial charge < -0.3 is 5.32 Å². The van der Waals surface area contributed by atoms with Gasteiger partial charge in [-0.25, -0.2) is 4.98 Å². The molecule has 1 aliphatic rings. The summed E-state index contributed by atoms with van der Waals surface area (Å²) in [5.74, 6) is -0.0554. The van der Waals surface area contributed by atoms with Crippen LogP contribution in [0.3, 0.4) is 0 Å². The molecule has 0 unspecified atom stereocenters. The zero-order valence-electron chi connectivity index (χ0n) is 13.9. The fourth-order valence-corrected chi connectivity index (χ4v) is 3.57. The number of carbonyl (C=O) groups excluding carboxylic acids is 1. The number of aromatic nitrogens is 3. The van der Waals surface area contributed by atoms with Crippen molar-refractivity contribution in [1.82, 2.24) is 20.1 Å². The number of amides is 1. The summed E-state index contributed by atoms with van der Waals surface area (Å²) in [5, 5.41) is 8.25. The normalized spacial score (nSPS) is 16.8. The van der Waals surface area contributed by atoms with Crippen molar-refractivity contribution in [3.8, 4) is 0 Å². The minimum Gasteiger partial charge on any atom is -0.345 e. The standard InChI is InChI=1S/C19H20N4O/c1-12-10-15(16-11-20-23(2)18(16)21-12)19(24)22-17-9-5-7-13-6-3-4-8-14(13)17/h3-4,6,8,10-11,17H,5,7,9H2,1-2H3,(H,22,24)/t17-/m0/s1. The highest BCUT2D eigenvalue weighted by Gasteiger charge is 2.23. The molecule has 2 aromatic heterocycles. The van der Waals surface area contributed by atoms with Gasteiger partial charge in [0.05, 0.1) is 23.2 Å². The molecule has 1 amide bonds. The average Bonchev–Trinajstić information content (AvgIpc) is 2.95. The van der Waals surface area contributed by atoms with Gasteiger partial charge in [0.1, 0.15) is 0 Å². The van der Waals surface area contributed by atoms with Crippen LogP contribution >= 0.6 is 0 Å². The molecule has 0 saturated heterocycles. The number of nitrogens with zero attached hydrogens (tertiary/aromatic N) is 3. The molecule has 1 N–H and O–H groups in total. The molecular formula is C19H20N4O. The van der Waals surface area contributed by atoms with Crippen LogP contribution in [-0.4, -0.2) is 20.7 Å². The highest BCUT2D eigenvalue weighted by molar-refractivity contribution is 6.05. The molecule has 3 aromatic rings. The van der Waals surface area contributed by atoms with E-state index in [2.05, 4.69) is 33.6 Å². The lowest BCUT2D eigenvalue weighted by Gasteiger charge is -2.26. The molecule has 0 bridgehead atoms. The molecule has 0 spiro atoms. The Morgan fingerprint density at radius 3 is 3.04 bits per heavy atom. The van der Waals surface area contributed by atoms with Gasteiger partial charge in [0.2, 0.25) is 0 Å². The van der Waals surface area contributed by atoms with E-state index in [1.807, 2.05) is 26.1 Å². The Labute approximate surface area is 140 Å². The minimum atomic E-state index is -0.0554. The van der Waals surface area contributed by atoms with Crippen molar-refractivity contribution < 1.29 is 4.79 Å². The summed E-state index contributed by atoms with van der Waals surface area (Å²) in [7, 11) is 1.84. The van der Waals surface area contributed by atoms with E-state index in [0.29, 0.717) is 5.56 Å². The van der Waals surface area contributed by atoms with Crippen LogP contribution in [0.15, 0.2) is 36.5 Å². The summed E-state index contributed by atoms with van der Waals surface area (Å²) in [6.07, 6.45) is 4.87. The molecule has 4 rings (SSSR count). The molecule has 1 aliphatic carbocycles. The molecule has 24 heavy (non-hydrogen) atoms. The highest BCUT2D eigenvalue weighted by Crippen LogP contribution is 2.30. The van der Waals surface area contributed by atoms with Gasteiger partial charge in [-0.3, -0.25) is 9.48 Å². The third-order valence-electron chi connectivity index (χ3n) is 4.75. The zero-order valence-corrected chi connectivity index (χ0v) is 13.9. The largest absolute Gasteiger partial charge is 0.345 e. The predicted octanol–water partition coefficient (Wildman–Crippen LogP) is 3.08. The Morgan fingerprint density at radius 2 is 2.17 bits per heavy atom. The molecule has 5 nitrogen and oxygen atoms in total. The molecule has 1 aromatic carbocycles. The number of hydrogen-bond acceptors (Lipinski definition) is 3. The van der Waals surface area contributed by atoms with E-state index in [0.717, 1.165) is 36.0 Å². The quantitative estimate of drug-likeness (QED) is 0.789. The van der Waals surface area contributed by atoms with Gasteiger partial charge in [-0.2, -0.15) is 5.10 Å². The highest BCUT2D eigenvalue weighted by atomic mass is 16.1. The Balaban J connectivity index is 1.69. The van der Waals surface area contributed by atoms with Crippen LogP contribution in [0.2, 0.25) is 0 Å². The first-order chi connectivity index (χ1) is 11.6. The van der Waals surface area contributed by atoms with Crippen LogP contribution in [-0.2, 0) is 13.5 Å². The Bertz CT molecular complexity index is 928. The molecule has 2 heterocycles. The van der Waals surface area contributed by atoms with Crippen molar-refractivity contribution in [1.29, 1.82) is 0 Å². The van der Waals surface area contributed by atoms with Gasteiger partial charge in [-0.1, -0.05) is 24.3 Å². The van der Waals surface area contributed by atoms with Crippen molar-refractivity contribution in [3.63, 3.8) is 0 Å². The Morgan fingerprint density at radius 1 is 1.33 bits per heavy atom. The smallest absolute Gasteiger partial charge is 0.252 e. The molecule has 0 saturated carbocycles. The second-order valence-electron chi connectivity index (χ2n) is 6.43. The van der Waals surface area contributed by atoms with Crippen LogP contribution in [0.1, 0.15) is 46.1 Å². The summed E-state index contributed by atoms with van der Waals surface area (Å²) in [4.78, 5) is 17.4. The van der Waals surface area contributed by atoms with Crippen LogP contribution < -0.4 is 5.32 Å². The lowest BCUT2D eigenvalue weighted by molar-refractivity contribution is 0.0934. The van der Waals surface area contributed by atoms with E-state index in [9.17, 15) is 4.79 Å². The molecule has 0 radical (unpaired) electrons. The van der Waals surface area contributed by atoms with Crippen molar-refractivity contribution in [2.75, 3.05) is 0 Å². The van der Waals surface area contributed by atoms with Gasteiger partial charge in [0, 0.05) is 12.7 Å². The van der Waals surface area contributed by atoms with Crippen LogP contribution in [0.5, 0.6) is 0 Å². The van der Waals surface area contributed by atoms with Gasteiger partial charge in [0.15, 0.2) is 5.65 Å². The number of fused-ring (bicyclic) bond motifs is 2. The third kappa shape index (κ3) is 2.46. The van der Waals surface area contributed by atoms with E-state index in [4.69, 9.17) is 0 Å². The van der Waals surface area contributed by atoms with Gasteiger partial charge in [-0.05, 0) is 43.4 Å². The second-order valence-corrected chi connectivity index (χ2v) is 6.43. The Kier molecular flexibility index (Phi) is 3.56. The van der Waals surface area contributed by atoms with E-state index in [1.54, 1.807) is 10.9 Å². The first-order valence-electron chi connectivity index (χ1n) is 8.31. The fourth-order valence-electron chi connectivity index (χ4n) is 3.57. The predicted molar refractivity (Wildman–Crippen MR) is 92.8 cm³/mol. The number of aryl methyl sites for hydroxylation is 3. The number of nitrogens with one attached hydrogen (secondary N) is 1. The number of pyridine rings is 1. The maximum Gasteiger partial charge on any atom is 0.252 e. The van der Waals surface area contributed by atoms with Crippen molar-refractivity contribution in [3.05, 3.63) is 58.9 Å². The average molecular weight is 320 g/mol. The summed E-state index contributed by atoms with van der Waals surface area (Å²) in [6, 6.07) is 10.3. The number of hydrogen-bond donors (Lipinski definition) is 1. The van der Waals surface area contributed by atoms with Gasteiger partial charge in [-0.15, -0.1) is 0 Å². The lowest BCUT2D eigenvalue weighted by atomic mass is 9.87. The summed E-state index contributed by atoms with van der Waals surface area (Å²) in [6.45, 7) is 1.90.